The van der Waals surface area contributed by atoms with Crippen LogP contribution in [0.25, 0.3) is 33.2 Å². The zero-order chi connectivity index (χ0) is 30.5. The van der Waals surface area contributed by atoms with Crippen LogP contribution < -0.4 is 16.0 Å². The maximum atomic E-state index is 13.9. The van der Waals surface area contributed by atoms with E-state index < -0.39 is 0 Å². The van der Waals surface area contributed by atoms with Gasteiger partial charge in [-0.25, -0.2) is 4.98 Å². The lowest BCUT2D eigenvalue weighted by atomic mass is 9.92. The number of nitrogens with one attached hydrogen (secondary N) is 2. The summed E-state index contributed by atoms with van der Waals surface area (Å²) in [5, 5.41) is 15.5. The van der Waals surface area contributed by atoms with Crippen LogP contribution in [-0.2, 0) is 0 Å². The lowest BCUT2D eigenvalue weighted by molar-refractivity contribution is 0.0987. The van der Waals surface area contributed by atoms with Crippen LogP contribution in [0.15, 0.2) is 91.0 Å². The van der Waals surface area contributed by atoms with Crippen LogP contribution in [0, 0.1) is 6.92 Å². The van der Waals surface area contributed by atoms with E-state index in [1.165, 1.54) is 0 Å². The molecule has 9 heteroatoms. The maximum absolute atomic E-state index is 13.9. The van der Waals surface area contributed by atoms with Gasteiger partial charge in [0.05, 0.1) is 16.7 Å². The molecule has 44 heavy (non-hydrogen) atoms. The Bertz CT molecular complexity index is 2100. The number of nitrogen functional groups attached to an aromatic ring is 1. The molecule has 0 aliphatic carbocycles. The number of halogens is 1. The van der Waals surface area contributed by atoms with Gasteiger partial charge in [-0.3, -0.25) is 9.59 Å². The van der Waals surface area contributed by atoms with Crippen molar-refractivity contribution in [3.8, 4) is 17.1 Å². The van der Waals surface area contributed by atoms with Crippen LogP contribution >= 0.6 is 11.6 Å². The summed E-state index contributed by atoms with van der Waals surface area (Å²) >= 11 is 6.42. The number of hydrogen-bond acceptors (Lipinski definition) is 5. The highest BCUT2D eigenvalue weighted by molar-refractivity contribution is 6.19. The Morgan fingerprint density at radius 3 is 2.59 bits per heavy atom. The number of fused-ring (bicyclic) bond motifs is 4. The average Bonchev–Trinajstić information content (AvgIpc) is 3.62. The second-order valence-corrected chi connectivity index (χ2v) is 11.4. The lowest BCUT2D eigenvalue weighted by Crippen LogP contribution is -2.30. The number of anilines is 3. The zero-order valence-corrected chi connectivity index (χ0v) is 24.5. The molecule has 2 heterocycles. The number of imidazole rings is 1. The maximum Gasteiger partial charge on any atom is 0.258 e. The van der Waals surface area contributed by atoms with Gasteiger partial charge in [0.1, 0.15) is 11.6 Å². The minimum atomic E-state index is -0.244. The van der Waals surface area contributed by atoms with Gasteiger partial charge in [-0.2, -0.15) is 0 Å². The number of carbonyl (C=O) groups is 2. The molecule has 0 bridgehead atoms. The monoisotopic (exact) mass is 601 g/mol. The summed E-state index contributed by atoms with van der Waals surface area (Å²) in [6.45, 7) is 2.42. The van der Waals surface area contributed by atoms with Crippen molar-refractivity contribution in [1.29, 1.82) is 0 Å². The third-order valence-corrected chi connectivity index (χ3v) is 8.57. The van der Waals surface area contributed by atoms with Crippen molar-refractivity contribution in [3.05, 3.63) is 113 Å². The van der Waals surface area contributed by atoms with E-state index in [4.69, 9.17) is 22.3 Å². The number of amides is 2. The summed E-state index contributed by atoms with van der Waals surface area (Å²) < 4.78 is 0. The minimum Gasteiger partial charge on any atom is -0.507 e. The number of aromatic hydroxyl groups is 1. The standard InChI is InChI=1S/C35H28ClN5O3/c1-19-4-2-7-26-30(42)16-29-32(31(19)26)23(17-36)18-41(29)35(44)22-10-13-27-28(15-22)40-33(39-27)21-5-3-6-25(14-21)38-34(43)20-8-11-24(37)12-9-20/h2-16,23,42H,17-18,37H2,1H3,(H,38,43)(H,39,40)/t23-/m1/s1. The molecule has 1 aliphatic rings. The molecular weight excluding hydrogens is 574 g/mol. The predicted molar refractivity (Wildman–Crippen MR) is 176 cm³/mol. The minimum absolute atomic E-state index is 0.0617. The molecule has 0 saturated heterocycles. The Morgan fingerprint density at radius 1 is 1.02 bits per heavy atom. The van der Waals surface area contributed by atoms with E-state index in [1.807, 2.05) is 55.5 Å². The van der Waals surface area contributed by atoms with E-state index in [9.17, 15) is 14.7 Å². The molecule has 5 N–H and O–H groups in total. The van der Waals surface area contributed by atoms with Gasteiger partial charge < -0.3 is 26.0 Å². The van der Waals surface area contributed by atoms with Gasteiger partial charge in [-0.1, -0.05) is 30.3 Å². The van der Waals surface area contributed by atoms with Crippen LogP contribution in [0.4, 0.5) is 17.1 Å². The largest absolute Gasteiger partial charge is 0.507 e. The van der Waals surface area contributed by atoms with Crippen LogP contribution in [0.3, 0.4) is 0 Å². The first kappa shape index (κ1) is 27.5. The number of alkyl halides is 1. The van der Waals surface area contributed by atoms with Crippen LogP contribution in [0.5, 0.6) is 5.75 Å². The molecule has 1 atom stereocenters. The Hall–Kier alpha value is -5.34. The van der Waals surface area contributed by atoms with Gasteiger partial charge >= 0.3 is 0 Å². The van der Waals surface area contributed by atoms with Crippen molar-refractivity contribution < 1.29 is 14.7 Å². The van der Waals surface area contributed by atoms with Gasteiger partial charge in [0.25, 0.3) is 11.8 Å². The van der Waals surface area contributed by atoms with E-state index in [2.05, 4.69) is 10.3 Å². The zero-order valence-electron chi connectivity index (χ0n) is 23.8. The van der Waals surface area contributed by atoms with E-state index >= 15 is 0 Å². The summed E-state index contributed by atoms with van der Waals surface area (Å²) in [5.41, 5.74) is 12.8. The first-order valence-corrected chi connectivity index (χ1v) is 14.7. The predicted octanol–water partition coefficient (Wildman–Crippen LogP) is 7.21. The summed E-state index contributed by atoms with van der Waals surface area (Å²) in [6.07, 6.45) is 0. The third-order valence-electron chi connectivity index (χ3n) is 8.20. The van der Waals surface area contributed by atoms with Gasteiger partial charge in [0.15, 0.2) is 0 Å². The SMILES string of the molecule is Cc1cccc2c(O)cc3c(c12)[C@H](CCl)CN3C(=O)c1ccc2[nH]c(-c3cccc(NC(=O)c4ccc(N)cc4)c3)nc2c1. The number of nitrogens with zero attached hydrogens (tertiary/aromatic N) is 2. The molecule has 0 saturated carbocycles. The van der Waals surface area contributed by atoms with Gasteiger partial charge in [-0.15, -0.1) is 11.6 Å². The highest BCUT2D eigenvalue weighted by Gasteiger charge is 2.35. The van der Waals surface area contributed by atoms with Crippen LogP contribution in [-0.4, -0.2) is 39.3 Å². The Labute approximate surface area is 258 Å². The number of H-pyrrole nitrogens is 1. The Balaban J connectivity index is 1.18. The normalized spacial score (nSPS) is 14.2. The number of rotatable bonds is 5. The first-order valence-electron chi connectivity index (χ1n) is 14.2. The van der Waals surface area contributed by atoms with Crippen LogP contribution in [0.1, 0.15) is 37.8 Å². The summed E-state index contributed by atoms with van der Waals surface area (Å²) in [4.78, 5) is 36.4. The highest BCUT2D eigenvalue weighted by Crippen LogP contribution is 2.46. The molecule has 0 fully saturated rings. The highest BCUT2D eigenvalue weighted by atomic mass is 35.5. The average molecular weight is 602 g/mol. The molecule has 218 valence electrons. The molecule has 5 aromatic carbocycles. The van der Waals surface area contributed by atoms with Crippen molar-refractivity contribution in [2.75, 3.05) is 28.4 Å². The van der Waals surface area contributed by atoms with Crippen molar-refractivity contribution in [2.24, 2.45) is 0 Å². The van der Waals surface area contributed by atoms with Crippen molar-refractivity contribution in [1.82, 2.24) is 9.97 Å². The van der Waals surface area contributed by atoms with Crippen molar-refractivity contribution in [2.45, 2.75) is 12.8 Å². The number of aryl methyl sites for hydroxylation is 1. The fourth-order valence-corrected chi connectivity index (χ4v) is 6.28. The molecule has 0 radical (unpaired) electrons. The molecule has 2 amide bonds. The number of phenols is 1. The number of aromatic amines is 1. The second kappa shape index (κ2) is 10.7. The number of phenolic OH excluding ortho intramolecular Hbond substituents is 1. The van der Waals surface area contributed by atoms with E-state index in [1.54, 1.807) is 47.4 Å². The number of hydrogen-bond donors (Lipinski definition) is 4. The van der Waals surface area contributed by atoms with Crippen molar-refractivity contribution >= 4 is 62.3 Å². The topological polar surface area (TPSA) is 124 Å². The van der Waals surface area contributed by atoms with Gasteiger partial charge in [0.2, 0.25) is 0 Å². The van der Waals surface area contributed by atoms with E-state index in [0.29, 0.717) is 52.0 Å². The Kier molecular flexibility index (Phi) is 6.71. The molecule has 0 unspecified atom stereocenters. The summed E-state index contributed by atoms with van der Waals surface area (Å²) in [5.74, 6) is 0.597. The second-order valence-electron chi connectivity index (χ2n) is 11.1. The quantitative estimate of drug-likeness (QED) is 0.123. The van der Waals surface area contributed by atoms with E-state index in [-0.39, 0.29) is 23.5 Å². The first-order chi connectivity index (χ1) is 21.3. The molecule has 1 aromatic heterocycles. The Morgan fingerprint density at radius 2 is 1.80 bits per heavy atom. The summed E-state index contributed by atoms with van der Waals surface area (Å²) in [7, 11) is 0. The number of aromatic nitrogens is 2. The molecular formula is C35H28ClN5O3. The van der Waals surface area contributed by atoms with Gasteiger partial charge in [-0.05, 0) is 78.0 Å². The number of benzene rings is 5. The third kappa shape index (κ3) is 4.69. The van der Waals surface area contributed by atoms with Crippen LogP contribution in [0.2, 0.25) is 0 Å². The molecule has 8 nitrogen and oxygen atoms in total. The fourth-order valence-electron chi connectivity index (χ4n) is 6.03. The van der Waals surface area contributed by atoms with Gasteiger partial charge in [0, 0.05) is 57.9 Å². The summed E-state index contributed by atoms with van der Waals surface area (Å²) in [6, 6.07) is 27.0. The number of nitrogens with two attached hydrogens (primary N) is 1. The van der Waals surface area contributed by atoms with E-state index in [0.717, 1.165) is 33.0 Å². The lowest BCUT2D eigenvalue weighted by Gasteiger charge is -2.19. The smallest absolute Gasteiger partial charge is 0.258 e. The molecule has 1 aliphatic heterocycles. The molecule has 6 aromatic rings. The number of carbonyl (C=O) groups excluding carboxylic acids is 2. The fraction of sp³-hybridized carbons (Fsp3) is 0.114. The molecule has 7 rings (SSSR count). The molecule has 0 spiro atoms. The van der Waals surface area contributed by atoms with Crippen molar-refractivity contribution in [3.63, 3.8) is 0 Å².